The number of para-hydroxylation sites is 1. The minimum atomic E-state index is -0.165. The molecule has 116 valence electrons. The molecule has 0 bridgehead atoms. The van der Waals surface area contributed by atoms with Gasteiger partial charge < -0.3 is 16.4 Å². The van der Waals surface area contributed by atoms with Crippen molar-refractivity contribution < 1.29 is 9.59 Å². The summed E-state index contributed by atoms with van der Waals surface area (Å²) in [4.78, 5) is 24.0. The Labute approximate surface area is 126 Å². The number of nitrogens with two attached hydrogens (primary N) is 1. The SMILES string of the molecule is CC(C)CNC(=O)c1ccccc1NC(=O)CCCCN. The quantitative estimate of drug-likeness (QED) is 0.642. The molecule has 21 heavy (non-hydrogen) atoms. The lowest BCUT2D eigenvalue weighted by Gasteiger charge is -2.12. The fraction of sp³-hybridized carbons (Fsp3) is 0.500. The standard InChI is InChI=1S/C16H25N3O2/c1-12(2)11-18-16(21)13-7-3-4-8-14(13)19-15(20)9-5-6-10-17/h3-4,7-8,12H,5-6,9-11,17H2,1-2H3,(H,18,21)(H,19,20). The average Bonchev–Trinajstić information content (AvgIpc) is 2.45. The van der Waals surface area contributed by atoms with Crippen molar-refractivity contribution in [2.24, 2.45) is 11.7 Å². The van der Waals surface area contributed by atoms with Gasteiger partial charge in [-0.05, 0) is 37.4 Å². The topological polar surface area (TPSA) is 84.2 Å². The Kier molecular flexibility index (Phi) is 7.46. The first kappa shape index (κ1) is 17.2. The first-order chi connectivity index (χ1) is 10.0. The molecule has 1 aromatic carbocycles. The summed E-state index contributed by atoms with van der Waals surface area (Å²) >= 11 is 0. The highest BCUT2D eigenvalue weighted by atomic mass is 16.2. The minimum Gasteiger partial charge on any atom is -0.352 e. The number of benzene rings is 1. The highest BCUT2D eigenvalue weighted by Gasteiger charge is 2.12. The Bertz CT molecular complexity index is 472. The zero-order valence-electron chi connectivity index (χ0n) is 12.8. The van der Waals surface area contributed by atoms with Crippen molar-refractivity contribution in [2.75, 3.05) is 18.4 Å². The third-order valence-electron chi connectivity index (χ3n) is 2.97. The maximum Gasteiger partial charge on any atom is 0.253 e. The molecule has 1 aromatic rings. The van der Waals surface area contributed by atoms with Gasteiger partial charge in [-0.25, -0.2) is 0 Å². The summed E-state index contributed by atoms with van der Waals surface area (Å²) < 4.78 is 0. The second-order valence-electron chi connectivity index (χ2n) is 5.44. The van der Waals surface area contributed by atoms with E-state index in [2.05, 4.69) is 10.6 Å². The number of rotatable bonds is 8. The first-order valence-electron chi connectivity index (χ1n) is 7.41. The van der Waals surface area contributed by atoms with Gasteiger partial charge in [0.15, 0.2) is 0 Å². The van der Waals surface area contributed by atoms with E-state index in [0.29, 0.717) is 36.7 Å². The van der Waals surface area contributed by atoms with Gasteiger partial charge in [-0.3, -0.25) is 9.59 Å². The van der Waals surface area contributed by atoms with Crippen molar-refractivity contribution in [1.29, 1.82) is 0 Å². The van der Waals surface area contributed by atoms with E-state index in [4.69, 9.17) is 5.73 Å². The largest absolute Gasteiger partial charge is 0.352 e. The van der Waals surface area contributed by atoms with E-state index in [9.17, 15) is 9.59 Å². The number of hydrogen-bond donors (Lipinski definition) is 3. The van der Waals surface area contributed by atoms with Crippen molar-refractivity contribution in [2.45, 2.75) is 33.1 Å². The molecule has 1 rings (SSSR count). The fourth-order valence-corrected chi connectivity index (χ4v) is 1.82. The van der Waals surface area contributed by atoms with E-state index in [1.54, 1.807) is 24.3 Å². The van der Waals surface area contributed by atoms with Crippen LogP contribution in [0.2, 0.25) is 0 Å². The normalized spacial score (nSPS) is 10.5. The predicted octanol–water partition coefficient (Wildman–Crippen LogP) is 2.14. The molecule has 0 saturated heterocycles. The molecule has 2 amide bonds. The van der Waals surface area contributed by atoms with Crippen LogP contribution in [-0.2, 0) is 4.79 Å². The number of nitrogens with one attached hydrogen (secondary N) is 2. The molecule has 4 N–H and O–H groups in total. The van der Waals surface area contributed by atoms with E-state index in [1.165, 1.54) is 0 Å². The van der Waals surface area contributed by atoms with Crippen molar-refractivity contribution in [3.63, 3.8) is 0 Å². The molecule has 0 atom stereocenters. The smallest absolute Gasteiger partial charge is 0.253 e. The van der Waals surface area contributed by atoms with Gasteiger partial charge >= 0.3 is 0 Å². The Morgan fingerprint density at radius 2 is 1.90 bits per heavy atom. The van der Waals surface area contributed by atoms with Gasteiger partial charge in [0, 0.05) is 13.0 Å². The molecule has 0 heterocycles. The lowest BCUT2D eigenvalue weighted by Crippen LogP contribution is -2.28. The highest BCUT2D eigenvalue weighted by Crippen LogP contribution is 2.15. The molecule has 0 unspecified atom stereocenters. The molecule has 0 aromatic heterocycles. The zero-order valence-corrected chi connectivity index (χ0v) is 12.8. The maximum absolute atomic E-state index is 12.1. The third-order valence-corrected chi connectivity index (χ3v) is 2.97. The maximum atomic E-state index is 12.1. The Morgan fingerprint density at radius 1 is 1.19 bits per heavy atom. The van der Waals surface area contributed by atoms with Gasteiger partial charge in [0.05, 0.1) is 11.3 Å². The molecular weight excluding hydrogens is 266 g/mol. The van der Waals surface area contributed by atoms with Crippen molar-refractivity contribution in [3.8, 4) is 0 Å². The Hall–Kier alpha value is -1.88. The van der Waals surface area contributed by atoms with Gasteiger partial charge in [-0.2, -0.15) is 0 Å². The number of amides is 2. The summed E-state index contributed by atoms with van der Waals surface area (Å²) in [5.41, 5.74) is 6.45. The van der Waals surface area contributed by atoms with Crippen LogP contribution in [0.4, 0.5) is 5.69 Å². The summed E-state index contributed by atoms with van der Waals surface area (Å²) in [6.45, 7) is 5.26. The summed E-state index contributed by atoms with van der Waals surface area (Å²) in [7, 11) is 0. The molecule has 5 nitrogen and oxygen atoms in total. The summed E-state index contributed by atoms with van der Waals surface area (Å²) in [5, 5.41) is 5.65. The first-order valence-corrected chi connectivity index (χ1v) is 7.41. The van der Waals surface area contributed by atoms with Gasteiger partial charge in [-0.15, -0.1) is 0 Å². The molecule has 0 fully saturated rings. The number of anilines is 1. The predicted molar refractivity (Wildman–Crippen MR) is 85.1 cm³/mol. The van der Waals surface area contributed by atoms with E-state index in [-0.39, 0.29) is 11.8 Å². The van der Waals surface area contributed by atoms with Crippen LogP contribution in [0.5, 0.6) is 0 Å². The monoisotopic (exact) mass is 291 g/mol. The van der Waals surface area contributed by atoms with Gasteiger partial charge in [0.2, 0.25) is 5.91 Å². The van der Waals surface area contributed by atoms with Crippen LogP contribution in [0.15, 0.2) is 24.3 Å². The number of hydrogen-bond acceptors (Lipinski definition) is 3. The highest BCUT2D eigenvalue weighted by molar-refractivity contribution is 6.03. The molecule has 0 radical (unpaired) electrons. The van der Waals surface area contributed by atoms with Crippen LogP contribution < -0.4 is 16.4 Å². The summed E-state index contributed by atoms with van der Waals surface area (Å²) in [5.74, 6) is 0.126. The van der Waals surface area contributed by atoms with Crippen LogP contribution in [0.3, 0.4) is 0 Å². The van der Waals surface area contributed by atoms with Crippen LogP contribution in [0.1, 0.15) is 43.5 Å². The van der Waals surface area contributed by atoms with Crippen LogP contribution in [0.25, 0.3) is 0 Å². The third kappa shape index (κ3) is 6.40. The Balaban J connectivity index is 2.66. The lowest BCUT2D eigenvalue weighted by atomic mass is 10.1. The second-order valence-corrected chi connectivity index (χ2v) is 5.44. The van der Waals surface area contributed by atoms with Crippen molar-refractivity contribution >= 4 is 17.5 Å². The number of carbonyl (C=O) groups excluding carboxylic acids is 2. The molecule has 0 aliphatic carbocycles. The van der Waals surface area contributed by atoms with Crippen molar-refractivity contribution in [1.82, 2.24) is 5.32 Å². The summed E-state index contributed by atoms with van der Waals surface area (Å²) in [6, 6.07) is 7.04. The van der Waals surface area contributed by atoms with Crippen LogP contribution >= 0.6 is 0 Å². The van der Waals surface area contributed by atoms with E-state index < -0.39 is 0 Å². The zero-order chi connectivity index (χ0) is 15.7. The number of unbranched alkanes of at least 4 members (excludes halogenated alkanes) is 1. The molecule has 0 aliphatic rings. The van der Waals surface area contributed by atoms with Gasteiger partial charge in [-0.1, -0.05) is 26.0 Å². The molecule has 0 aliphatic heterocycles. The number of carbonyl (C=O) groups is 2. The van der Waals surface area contributed by atoms with E-state index in [1.807, 2.05) is 13.8 Å². The Morgan fingerprint density at radius 3 is 2.57 bits per heavy atom. The molecule has 5 heteroatoms. The van der Waals surface area contributed by atoms with Gasteiger partial charge in [0.25, 0.3) is 5.91 Å². The lowest BCUT2D eigenvalue weighted by molar-refractivity contribution is -0.116. The van der Waals surface area contributed by atoms with Crippen molar-refractivity contribution in [3.05, 3.63) is 29.8 Å². The molecular formula is C16H25N3O2. The second kappa shape index (κ2) is 9.13. The summed E-state index contributed by atoms with van der Waals surface area (Å²) in [6.07, 6.45) is 1.99. The van der Waals surface area contributed by atoms with Gasteiger partial charge in [0.1, 0.15) is 0 Å². The molecule has 0 spiro atoms. The van der Waals surface area contributed by atoms with E-state index >= 15 is 0 Å². The average molecular weight is 291 g/mol. The fourth-order valence-electron chi connectivity index (χ4n) is 1.82. The molecule has 0 saturated carbocycles. The minimum absolute atomic E-state index is 0.0902. The van der Waals surface area contributed by atoms with Crippen LogP contribution in [0, 0.1) is 5.92 Å². The van der Waals surface area contributed by atoms with E-state index in [0.717, 1.165) is 12.8 Å². The van der Waals surface area contributed by atoms with Crippen LogP contribution in [-0.4, -0.2) is 24.9 Å².